The largest absolute Gasteiger partial charge is 0.298 e. The Balaban J connectivity index is 2.61. The zero-order valence-electron chi connectivity index (χ0n) is 11.2. The molecule has 0 bridgehead atoms. The monoisotopic (exact) mass is 308 g/mol. The van der Waals surface area contributed by atoms with Gasteiger partial charge in [0.15, 0.2) is 0 Å². The van der Waals surface area contributed by atoms with Gasteiger partial charge in [-0.1, -0.05) is 17.7 Å². The molecule has 0 spiro atoms. The first-order valence-corrected chi connectivity index (χ1v) is 8.07. The molecule has 0 fully saturated rings. The Hall–Kier alpha value is -0.690. The molecular weight excluding hydrogens is 291 g/mol. The lowest BCUT2D eigenvalue weighted by atomic mass is 10.1. The number of nitrogens with zero attached hydrogens (tertiary/aromatic N) is 1. The summed E-state index contributed by atoms with van der Waals surface area (Å²) in [6, 6.07) is 4.60. The Morgan fingerprint density at radius 1 is 1.47 bits per heavy atom. The van der Waals surface area contributed by atoms with Gasteiger partial charge in [-0.05, 0) is 31.7 Å². The van der Waals surface area contributed by atoms with Crippen molar-refractivity contribution in [1.82, 2.24) is 9.62 Å². The molecule has 0 aliphatic rings. The fourth-order valence-corrected chi connectivity index (χ4v) is 2.28. The van der Waals surface area contributed by atoms with Gasteiger partial charge in [-0.15, -0.1) is 0 Å². The van der Waals surface area contributed by atoms with Crippen LogP contribution in [0.4, 0.5) is 4.39 Å². The van der Waals surface area contributed by atoms with E-state index >= 15 is 0 Å². The van der Waals surface area contributed by atoms with Gasteiger partial charge in [0.2, 0.25) is 10.0 Å². The first kappa shape index (κ1) is 16.4. The van der Waals surface area contributed by atoms with Gasteiger partial charge < -0.3 is 0 Å². The molecule has 0 saturated carbocycles. The van der Waals surface area contributed by atoms with Gasteiger partial charge in [-0.3, -0.25) is 4.90 Å². The SMILES string of the molecule is C[C@@H](c1ccc(F)c(Cl)c1)N(C)CCNS(C)(=O)=O. The number of benzene rings is 1. The Morgan fingerprint density at radius 3 is 2.63 bits per heavy atom. The maximum absolute atomic E-state index is 13.1. The molecule has 1 aromatic carbocycles. The summed E-state index contributed by atoms with van der Waals surface area (Å²) in [5.74, 6) is -0.445. The molecule has 1 atom stereocenters. The number of likely N-dealkylation sites (N-methyl/N-ethyl adjacent to an activating group) is 1. The van der Waals surface area contributed by atoms with Crippen LogP contribution in [0.3, 0.4) is 0 Å². The third-order valence-corrected chi connectivity index (χ3v) is 3.93. The lowest BCUT2D eigenvalue weighted by Crippen LogP contribution is -2.33. The fraction of sp³-hybridized carbons (Fsp3) is 0.500. The van der Waals surface area contributed by atoms with Crippen molar-refractivity contribution in [2.45, 2.75) is 13.0 Å². The van der Waals surface area contributed by atoms with E-state index in [1.54, 1.807) is 12.1 Å². The summed E-state index contributed by atoms with van der Waals surface area (Å²) in [7, 11) is -1.30. The Morgan fingerprint density at radius 2 is 2.11 bits per heavy atom. The van der Waals surface area contributed by atoms with Crippen molar-refractivity contribution in [2.75, 3.05) is 26.4 Å². The van der Waals surface area contributed by atoms with Gasteiger partial charge in [-0.25, -0.2) is 17.5 Å². The smallest absolute Gasteiger partial charge is 0.208 e. The van der Waals surface area contributed by atoms with E-state index < -0.39 is 15.8 Å². The van der Waals surface area contributed by atoms with Gasteiger partial charge in [0.1, 0.15) is 5.82 Å². The standard InChI is InChI=1S/C12H18ClFN2O2S/c1-9(10-4-5-12(14)11(13)8-10)16(2)7-6-15-19(3,17)18/h4-5,8-9,15H,6-7H2,1-3H3/t9-/m0/s1. The van der Waals surface area contributed by atoms with Crippen molar-refractivity contribution < 1.29 is 12.8 Å². The lowest BCUT2D eigenvalue weighted by molar-refractivity contribution is 0.266. The predicted octanol–water partition coefficient (Wildman–Crippen LogP) is 2.02. The van der Waals surface area contributed by atoms with Gasteiger partial charge in [0.05, 0.1) is 11.3 Å². The molecule has 0 heterocycles. The molecule has 1 aromatic rings. The van der Waals surface area contributed by atoms with E-state index in [-0.39, 0.29) is 11.1 Å². The Bertz CT molecular complexity index is 537. The van der Waals surface area contributed by atoms with Crippen LogP contribution in [0, 0.1) is 5.82 Å². The summed E-state index contributed by atoms with van der Waals surface area (Å²) in [6.45, 7) is 2.82. The number of sulfonamides is 1. The molecular formula is C12H18ClFN2O2S. The summed E-state index contributed by atoms with van der Waals surface area (Å²) in [6.07, 6.45) is 1.12. The Kier molecular flexibility index (Phi) is 5.73. The molecule has 4 nitrogen and oxygen atoms in total. The van der Waals surface area contributed by atoms with Crippen LogP contribution < -0.4 is 4.72 Å². The van der Waals surface area contributed by atoms with Crippen molar-refractivity contribution in [3.05, 3.63) is 34.6 Å². The van der Waals surface area contributed by atoms with Crippen LogP contribution in [0.15, 0.2) is 18.2 Å². The highest BCUT2D eigenvalue weighted by Crippen LogP contribution is 2.23. The number of rotatable bonds is 6. The molecule has 1 rings (SSSR count). The van der Waals surface area contributed by atoms with Crippen molar-refractivity contribution in [3.63, 3.8) is 0 Å². The number of halogens is 2. The predicted molar refractivity (Wildman–Crippen MR) is 75.3 cm³/mol. The van der Waals surface area contributed by atoms with Gasteiger partial charge >= 0.3 is 0 Å². The molecule has 7 heteroatoms. The van der Waals surface area contributed by atoms with E-state index in [1.165, 1.54) is 6.07 Å². The highest BCUT2D eigenvalue weighted by atomic mass is 35.5. The number of hydrogen-bond acceptors (Lipinski definition) is 3. The molecule has 0 unspecified atom stereocenters. The lowest BCUT2D eigenvalue weighted by Gasteiger charge is -2.25. The molecule has 0 saturated heterocycles. The summed E-state index contributed by atoms with van der Waals surface area (Å²) >= 11 is 5.74. The normalized spacial score (nSPS) is 13.8. The summed E-state index contributed by atoms with van der Waals surface area (Å²) in [4.78, 5) is 1.96. The molecule has 0 aliphatic heterocycles. The second-order valence-electron chi connectivity index (χ2n) is 4.50. The van der Waals surface area contributed by atoms with Crippen LogP contribution in [0.25, 0.3) is 0 Å². The number of nitrogens with one attached hydrogen (secondary N) is 1. The second-order valence-corrected chi connectivity index (χ2v) is 6.74. The van der Waals surface area contributed by atoms with Crippen LogP contribution in [0.2, 0.25) is 5.02 Å². The first-order chi connectivity index (χ1) is 8.70. The highest BCUT2D eigenvalue weighted by Gasteiger charge is 2.13. The molecule has 0 radical (unpaired) electrons. The third kappa shape index (κ3) is 5.44. The van der Waals surface area contributed by atoms with Crippen LogP contribution >= 0.6 is 11.6 Å². The van der Waals surface area contributed by atoms with E-state index in [9.17, 15) is 12.8 Å². The van der Waals surface area contributed by atoms with Crippen molar-refractivity contribution in [1.29, 1.82) is 0 Å². The van der Waals surface area contributed by atoms with E-state index in [2.05, 4.69) is 4.72 Å². The fourth-order valence-electron chi connectivity index (χ4n) is 1.63. The second kappa shape index (κ2) is 6.65. The molecule has 0 aliphatic carbocycles. The highest BCUT2D eigenvalue weighted by molar-refractivity contribution is 7.88. The average molecular weight is 309 g/mol. The van der Waals surface area contributed by atoms with Crippen molar-refractivity contribution in [3.8, 4) is 0 Å². The molecule has 108 valence electrons. The minimum atomic E-state index is -3.17. The maximum atomic E-state index is 13.1. The van der Waals surface area contributed by atoms with E-state index in [4.69, 9.17) is 11.6 Å². The average Bonchev–Trinajstić information content (AvgIpc) is 2.30. The maximum Gasteiger partial charge on any atom is 0.208 e. The van der Waals surface area contributed by atoms with Gasteiger partial charge in [0.25, 0.3) is 0 Å². The minimum absolute atomic E-state index is 0.0134. The van der Waals surface area contributed by atoms with Crippen molar-refractivity contribution >= 4 is 21.6 Å². The minimum Gasteiger partial charge on any atom is -0.298 e. The summed E-state index contributed by atoms with van der Waals surface area (Å²) in [5.41, 5.74) is 0.883. The molecule has 0 amide bonds. The van der Waals surface area contributed by atoms with Crippen LogP contribution in [0.5, 0.6) is 0 Å². The van der Waals surface area contributed by atoms with Crippen molar-refractivity contribution in [2.24, 2.45) is 0 Å². The zero-order valence-corrected chi connectivity index (χ0v) is 12.7. The summed E-state index contributed by atoms with van der Waals surface area (Å²) in [5, 5.41) is 0.0898. The summed E-state index contributed by atoms with van der Waals surface area (Å²) < 4.78 is 37.4. The Labute approximate surface area is 118 Å². The van der Waals surface area contributed by atoms with Gasteiger partial charge in [-0.2, -0.15) is 0 Å². The number of hydrogen-bond donors (Lipinski definition) is 1. The molecule has 1 N–H and O–H groups in total. The zero-order chi connectivity index (χ0) is 14.6. The van der Waals surface area contributed by atoms with Crippen LogP contribution in [-0.2, 0) is 10.0 Å². The molecule has 0 aromatic heterocycles. The topological polar surface area (TPSA) is 49.4 Å². The third-order valence-electron chi connectivity index (χ3n) is 2.92. The van der Waals surface area contributed by atoms with E-state index in [0.717, 1.165) is 11.8 Å². The molecule has 19 heavy (non-hydrogen) atoms. The van der Waals surface area contributed by atoms with E-state index in [0.29, 0.717) is 13.1 Å². The van der Waals surface area contributed by atoms with Crippen LogP contribution in [0.1, 0.15) is 18.5 Å². The quantitative estimate of drug-likeness (QED) is 0.875. The first-order valence-electron chi connectivity index (χ1n) is 5.80. The van der Waals surface area contributed by atoms with Crippen LogP contribution in [-0.4, -0.2) is 39.7 Å². The van der Waals surface area contributed by atoms with E-state index in [1.807, 2.05) is 18.9 Å². The van der Waals surface area contributed by atoms with Gasteiger partial charge in [0, 0.05) is 19.1 Å².